The maximum Gasteiger partial charge on any atom is 0.305 e. The molecule has 0 radical (unpaired) electrons. The zero-order chi connectivity index (χ0) is 14.1. The average Bonchev–Trinajstić information content (AvgIpc) is 2.42. The fourth-order valence-corrected chi connectivity index (χ4v) is 1.53. The molecule has 4 nitrogen and oxygen atoms in total. The summed E-state index contributed by atoms with van der Waals surface area (Å²) in [7, 11) is 1.40. The van der Waals surface area contributed by atoms with E-state index in [9.17, 15) is 4.79 Å². The molecule has 0 unspecified atom stereocenters. The molecule has 0 saturated heterocycles. The Morgan fingerprint density at radius 1 is 1.26 bits per heavy atom. The molecule has 1 aromatic rings. The molecule has 0 saturated carbocycles. The van der Waals surface area contributed by atoms with Crippen LogP contribution in [0.25, 0.3) is 0 Å². The highest BCUT2D eigenvalue weighted by Crippen LogP contribution is 2.12. The minimum atomic E-state index is -0.196. The number of esters is 1. The van der Waals surface area contributed by atoms with Gasteiger partial charge in [-0.15, -0.1) is 0 Å². The van der Waals surface area contributed by atoms with Gasteiger partial charge in [0, 0.05) is 19.0 Å². The van der Waals surface area contributed by atoms with Gasteiger partial charge >= 0.3 is 5.97 Å². The Morgan fingerprint density at radius 3 is 2.53 bits per heavy atom. The SMILES string of the molecule is COC(=O)CCCOc1ccc(CNC(C)C)cc1. The van der Waals surface area contributed by atoms with E-state index < -0.39 is 0 Å². The van der Waals surface area contributed by atoms with Crippen molar-refractivity contribution in [3.05, 3.63) is 29.8 Å². The van der Waals surface area contributed by atoms with Gasteiger partial charge in [-0.2, -0.15) is 0 Å². The molecule has 0 amide bonds. The fraction of sp³-hybridized carbons (Fsp3) is 0.533. The van der Waals surface area contributed by atoms with Crippen molar-refractivity contribution >= 4 is 5.97 Å². The first kappa shape index (κ1) is 15.5. The molecular weight excluding hydrogens is 242 g/mol. The van der Waals surface area contributed by atoms with E-state index in [1.165, 1.54) is 12.7 Å². The zero-order valence-corrected chi connectivity index (χ0v) is 11.9. The van der Waals surface area contributed by atoms with Crippen molar-refractivity contribution in [3.63, 3.8) is 0 Å². The Bertz CT molecular complexity index is 373. The number of benzene rings is 1. The van der Waals surface area contributed by atoms with Gasteiger partial charge in [-0.05, 0) is 24.1 Å². The van der Waals surface area contributed by atoms with Crippen molar-refractivity contribution in [3.8, 4) is 5.75 Å². The number of ether oxygens (including phenoxy) is 2. The molecule has 0 aliphatic rings. The van der Waals surface area contributed by atoms with E-state index in [1.54, 1.807) is 0 Å². The largest absolute Gasteiger partial charge is 0.494 e. The van der Waals surface area contributed by atoms with Crippen molar-refractivity contribution < 1.29 is 14.3 Å². The number of carbonyl (C=O) groups excluding carboxylic acids is 1. The smallest absolute Gasteiger partial charge is 0.305 e. The Morgan fingerprint density at radius 2 is 1.95 bits per heavy atom. The summed E-state index contributed by atoms with van der Waals surface area (Å²) in [5.41, 5.74) is 1.23. The Labute approximate surface area is 115 Å². The summed E-state index contributed by atoms with van der Waals surface area (Å²) in [6, 6.07) is 8.48. The van der Waals surface area contributed by atoms with Crippen LogP contribution in [-0.2, 0) is 16.1 Å². The molecule has 0 bridgehead atoms. The molecule has 0 atom stereocenters. The van der Waals surface area contributed by atoms with Crippen LogP contribution in [0.1, 0.15) is 32.3 Å². The normalized spacial score (nSPS) is 10.5. The van der Waals surface area contributed by atoms with E-state index in [0.717, 1.165) is 12.3 Å². The minimum Gasteiger partial charge on any atom is -0.494 e. The molecule has 0 heterocycles. The second-order valence-electron chi connectivity index (χ2n) is 4.71. The number of hydrogen-bond donors (Lipinski definition) is 1. The van der Waals surface area contributed by atoms with Crippen LogP contribution in [0.3, 0.4) is 0 Å². The molecule has 0 aromatic heterocycles. The quantitative estimate of drug-likeness (QED) is 0.579. The lowest BCUT2D eigenvalue weighted by Crippen LogP contribution is -2.21. The summed E-state index contributed by atoms with van der Waals surface area (Å²) in [6.07, 6.45) is 1.07. The fourth-order valence-electron chi connectivity index (χ4n) is 1.53. The van der Waals surface area contributed by atoms with Crippen LogP contribution < -0.4 is 10.1 Å². The summed E-state index contributed by atoms with van der Waals surface area (Å²) in [5.74, 6) is 0.636. The summed E-state index contributed by atoms with van der Waals surface area (Å²) < 4.78 is 10.1. The highest BCUT2D eigenvalue weighted by atomic mass is 16.5. The number of carbonyl (C=O) groups is 1. The van der Waals surface area contributed by atoms with Crippen molar-refractivity contribution in [1.29, 1.82) is 0 Å². The third kappa shape index (κ3) is 6.82. The third-order valence-electron chi connectivity index (χ3n) is 2.66. The van der Waals surface area contributed by atoms with Gasteiger partial charge in [0.05, 0.1) is 13.7 Å². The molecule has 106 valence electrons. The van der Waals surface area contributed by atoms with Gasteiger partial charge < -0.3 is 14.8 Å². The molecule has 0 aliphatic heterocycles. The van der Waals surface area contributed by atoms with E-state index in [2.05, 4.69) is 23.9 Å². The molecule has 0 aliphatic carbocycles. The van der Waals surface area contributed by atoms with Crippen molar-refractivity contribution in [2.24, 2.45) is 0 Å². The molecule has 0 spiro atoms. The topological polar surface area (TPSA) is 47.6 Å². The molecule has 1 rings (SSSR count). The molecule has 1 N–H and O–H groups in total. The van der Waals surface area contributed by atoms with Gasteiger partial charge in [0.1, 0.15) is 5.75 Å². The number of methoxy groups -OCH3 is 1. The van der Waals surface area contributed by atoms with Gasteiger partial charge in [0.25, 0.3) is 0 Å². The first-order valence-corrected chi connectivity index (χ1v) is 6.63. The van der Waals surface area contributed by atoms with Crippen LogP contribution >= 0.6 is 0 Å². The van der Waals surface area contributed by atoms with Gasteiger partial charge in [0.15, 0.2) is 0 Å². The Balaban J connectivity index is 2.26. The van der Waals surface area contributed by atoms with Crippen LogP contribution in [0.15, 0.2) is 24.3 Å². The average molecular weight is 265 g/mol. The van der Waals surface area contributed by atoms with E-state index in [-0.39, 0.29) is 5.97 Å². The van der Waals surface area contributed by atoms with Gasteiger partial charge in [0.2, 0.25) is 0 Å². The molecule has 19 heavy (non-hydrogen) atoms. The minimum absolute atomic E-state index is 0.196. The Kier molecular flexibility index (Phi) is 6.97. The third-order valence-corrected chi connectivity index (χ3v) is 2.66. The number of nitrogens with one attached hydrogen (secondary N) is 1. The van der Waals surface area contributed by atoms with Gasteiger partial charge in [-0.1, -0.05) is 26.0 Å². The molecule has 0 fully saturated rings. The standard InChI is InChI=1S/C15H23NO3/c1-12(2)16-11-13-6-8-14(9-7-13)19-10-4-5-15(17)18-3/h6-9,12,16H,4-5,10-11H2,1-3H3. The van der Waals surface area contributed by atoms with Crippen molar-refractivity contribution in [2.75, 3.05) is 13.7 Å². The summed E-state index contributed by atoms with van der Waals surface area (Å²) in [4.78, 5) is 10.9. The molecule has 1 aromatic carbocycles. The highest BCUT2D eigenvalue weighted by molar-refractivity contribution is 5.69. The van der Waals surface area contributed by atoms with E-state index in [0.29, 0.717) is 25.5 Å². The van der Waals surface area contributed by atoms with Gasteiger partial charge in [-0.3, -0.25) is 4.79 Å². The summed E-state index contributed by atoms with van der Waals surface area (Å²) in [6.45, 7) is 5.64. The number of hydrogen-bond acceptors (Lipinski definition) is 4. The van der Waals surface area contributed by atoms with Crippen LogP contribution in [0.2, 0.25) is 0 Å². The predicted molar refractivity (Wildman–Crippen MR) is 75.2 cm³/mol. The van der Waals surface area contributed by atoms with Crippen LogP contribution in [0.5, 0.6) is 5.75 Å². The van der Waals surface area contributed by atoms with Crippen molar-refractivity contribution in [1.82, 2.24) is 5.32 Å². The highest BCUT2D eigenvalue weighted by Gasteiger charge is 2.01. The summed E-state index contributed by atoms with van der Waals surface area (Å²) >= 11 is 0. The second kappa shape index (κ2) is 8.53. The Hall–Kier alpha value is -1.55. The lowest BCUT2D eigenvalue weighted by Gasteiger charge is -2.09. The molecule has 4 heteroatoms. The first-order chi connectivity index (χ1) is 9.11. The van der Waals surface area contributed by atoms with Crippen LogP contribution in [0.4, 0.5) is 0 Å². The maximum absolute atomic E-state index is 10.9. The first-order valence-electron chi connectivity index (χ1n) is 6.63. The lowest BCUT2D eigenvalue weighted by molar-refractivity contribution is -0.140. The monoisotopic (exact) mass is 265 g/mol. The summed E-state index contributed by atoms with van der Waals surface area (Å²) in [5, 5.41) is 3.36. The number of rotatable bonds is 8. The second-order valence-corrected chi connectivity index (χ2v) is 4.71. The van der Waals surface area contributed by atoms with E-state index >= 15 is 0 Å². The van der Waals surface area contributed by atoms with Crippen LogP contribution in [-0.4, -0.2) is 25.7 Å². The van der Waals surface area contributed by atoms with Gasteiger partial charge in [-0.25, -0.2) is 0 Å². The lowest BCUT2D eigenvalue weighted by atomic mass is 10.2. The molecular formula is C15H23NO3. The predicted octanol–water partition coefficient (Wildman–Crippen LogP) is 2.52. The van der Waals surface area contributed by atoms with E-state index in [4.69, 9.17) is 4.74 Å². The van der Waals surface area contributed by atoms with Crippen molar-refractivity contribution in [2.45, 2.75) is 39.3 Å². The van der Waals surface area contributed by atoms with E-state index in [1.807, 2.05) is 24.3 Å². The van der Waals surface area contributed by atoms with Crippen LogP contribution in [0, 0.1) is 0 Å². The zero-order valence-electron chi connectivity index (χ0n) is 11.9. The maximum atomic E-state index is 10.9.